The number of sulfonamides is 1. The Labute approximate surface area is 160 Å². The van der Waals surface area contributed by atoms with Crippen LogP contribution < -0.4 is 19.3 Å². The molecule has 0 fully saturated rings. The Morgan fingerprint density at radius 2 is 1.74 bits per heavy atom. The van der Waals surface area contributed by atoms with Gasteiger partial charge in [-0.15, -0.1) is 0 Å². The van der Waals surface area contributed by atoms with E-state index in [0.717, 1.165) is 16.2 Å². The molecular formula is C19H25N3O4S. The number of amides is 1. The van der Waals surface area contributed by atoms with E-state index in [9.17, 15) is 13.2 Å². The Bertz CT molecular complexity index is 856. The average molecular weight is 391 g/mol. The fourth-order valence-corrected chi connectivity index (χ4v) is 3.37. The zero-order valence-electron chi connectivity index (χ0n) is 15.8. The average Bonchev–Trinajstić information content (AvgIpc) is 2.66. The first kappa shape index (κ1) is 20.6. The summed E-state index contributed by atoms with van der Waals surface area (Å²) in [5, 5.41) is 2.77. The molecule has 7 nitrogen and oxygen atoms in total. The van der Waals surface area contributed by atoms with E-state index < -0.39 is 10.0 Å². The molecular weight excluding hydrogens is 366 g/mol. The van der Waals surface area contributed by atoms with Gasteiger partial charge in [-0.25, -0.2) is 8.42 Å². The summed E-state index contributed by atoms with van der Waals surface area (Å²) in [5.74, 6) is 0.149. The standard InChI is InChI=1S/C19H25N3O4S/c1-21(16-8-5-4-6-9-16)13-12-20-19(23)15-22(27(3,24)25)17-10-7-11-18(14-17)26-2/h4-11,14H,12-13,15H2,1-3H3,(H,20,23). The van der Waals surface area contributed by atoms with Crippen molar-refractivity contribution in [3.05, 3.63) is 54.6 Å². The number of hydrogen-bond acceptors (Lipinski definition) is 5. The first-order valence-electron chi connectivity index (χ1n) is 8.46. The second-order valence-corrected chi connectivity index (χ2v) is 7.98. The zero-order valence-corrected chi connectivity index (χ0v) is 16.6. The van der Waals surface area contributed by atoms with Crippen LogP contribution in [0.2, 0.25) is 0 Å². The summed E-state index contributed by atoms with van der Waals surface area (Å²) in [6.45, 7) is 0.717. The van der Waals surface area contributed by atoms with Crippen molar-refractivity contribution in [3.8, 4) is 5.75 Å². The van der Waals surface area contributed by atoms with Gasteiger partial charge in [0.05, 0.1) is 19.1 Å². The highest BCUT2D eigenvalue weighted by molar-refractivity contribution is 7.92. The molecule has 27 heavy (non-hydrogen) atoms. The largest absolute Gasteiger partial charge is 0.497 e. The lowest BCUT2D eigenvalue weighted by Crippen LogP contribution is -2.42. The summed E-state index contributed by atoms with van der Waals surface area (Å²) in [6.07, 6.45) is 1.07. The highest BCUT2D eigenvalue weighted by Gasteiger charge is 2.21. The molecule has 0 unspecified atom stereocenters. The molecule has 146 valence electrons. The molecule has 8 heteroatoms. The smallest absolute Gasteiger partial charge is 0.240 e. The van der Waals surface area contributed by atoms with Gasteiger partial charge >= 0.3 is 0 Å². The summed E-state index contributed by atoms with van der Waals surface area (Å²) >= 11 is 0. The van der Waals surface area contributed by atoms with Crippen LogP contribution in [0.5, 0.6) is 5.75 Å². The van der Waals surface area contributed by atoms with E-state index in [1.54, 1.807) is 24.3 Å². The summed E-state index contributed by atoms with van der Waals surface area (Å²) in [4.78, 5) is 14.3. The van der Waals surface area contributed by atoms with Gasteiger partial charge in [-0.05, 0) is 24.3 Å². The number of rotatable bonds is 9. The molecule has 0 aliphatic heterocycles. The van der Waals surface area contributed by atoms with E-state index in [1.165, 1.54) is 7.11 Å². The van der Waals surface area contributed by atoms with Crippen molar-refractivity contribution in [1.82, 2.24) is 5.32 Å². The lowest BCUT2D eigenvalue weighted by molar-refractivity contribution is -0.119. The molecule has 1 amide bonds. The van der Waals surface area contributed by atoms with Crippen LogP contribution in [-0.2, 0) is 14.8 Å². The minimum atomic E-state index is -3.62. The van der Waals surface area contributed by atoms with Crippen LogP contribution in [0, 0.1) is 0 Å². The Morgan fingerprint density at radius 1 is 1.07 bits per heavy atom. The van der Waals surface area contributed by atoms with Crippen LogP contribution in [0.15, 0.2) is 54.6 Å². The van der Waals surface area contributed by atoms with Gasteiger partial charge in [0.2, 0.25) is 15.9 Å². The number of ether oxygens (including phenoxy) is 1. The van der Waals surface area contributed by atoms with E-state index in [2.05, 4.69) is 5.32 Å². The fourth-order valence-electron chi connectivity index (χ4n) is 2.53. The van der Waals surface area contributed by atoms with Crippen LogP contribution in [-0.4, -0.2) is 54.4 Å². The van der Waals surface area contributed by atoms with Gasteiger partial charge in [0.15, 0.2) is 0 Å². The van der Waals surface area contributed by atoms with Gasteiger partial charge in [-0.3, -0.25) is 9.10 Å². The minimum absolute atomic E-state index is 0.291. The second kappa shape index (κ2) is 9.27. The summed E-state index contributed by atoms with van der Waals surface area (Å²) in [5.41, 5.74) is 1.43. The van der Waals surface area contributed by atoms with Gasteiger partial charge < -0.3 is 15.0 Å². The number of para-hydroxylation sites is 1. The number of hydrogen-bond donors (Lipinski definition) is 1. The summed E-state index contributed by atoms with van der Waals surface area (Å²) < 4.78 is 30.5. The number of methoxy groups -OCH3 is 1. The summed E-state index contributed by atoms with van der Waals surface area (Å²) in [6, 6.07) is 16.4. The summed E-state index contributed by atoms with van der Waals surface area (Å²) in [7, 11) is -0.185. The van der Waals surface area contributed by atoms with Crippen LogP contribution in [0.3, 0.4) is 0 Å². The Hall–Kier alpha value is -2.74. The molecule has 0 radical (unpaired) electrons. The SMILES string of the molecule is COc1cccc(N(CC(=O)NCCN(C)c2ccccc2)S(C)(=O)=O)c1. The number of benzene rings is 2. The molecule has 0 atom stereocenters. The quantitative estimate of drug-likeness (QED) is 0.704. The molecule has 0 aliphatic rings. The van der Waals surface area contributed by atoms with Crippen molar-refractivity contribution >= 4 is 27.3 Å². The number of anilines is 2. The Morgan fingerprint density at radius 3 is 2.37 bits per heavy atom. The molecule has 0 saturated carbocycles. The molecule has 0 bridgehead atoms. The number of nitrogens with one attached hydrogen (secondary N) is 1. The molecule has 2 aromatic carbocycles. The van der Waals surface area contributed by atoms with Crippen molar-refractivity contribution in [2.24, 2.45) is 0 Å². The Kier molecular flexibility index (Phi) is 7.06. The van der Waals surface area contributed by atoms with Crippen molar-refractivity contribution < 1.29 is 17.9 Å². The highest BCUT2D eigenvalue weighted by Crippen LogP contribution is 2.22. The molecule has 0 spiro atoms. The number of likely N-dealkylation sites (N-methyl/N-ethyl adjacent to an activating group) is 1. The fraction of sp³-hybridized carbons (Fsp3) is 0.316. The third-order valence-corrected chi connectivity index (χ3v) is 5.14. The lowest BCUT2D eigenvalue weighted by Gasteiger charge is -2.23. The van der Waals surface area contributed by atoms with E-state index in [0.29, 0.717) is 24.5 Å². The van der Waals surface area contributed by atoms with E-state index >= 15 is 0 Å². The van der Waals surface area contributed by atoms with Crippen LogP contribution in [0.25, 0.3) is 0 Å². The first-order valence-corrected chi connectivity index (χ1v) is 10.3. The van der Waals surface area contributed by atoms with Crippen molar-refractivity contribution in [2.45, 2.75) is 0 Å². The van der Waals surface area contributed by atoms with Gasteiger partial charge in [-0.2, -0.15) is 0 Å². The third-order valence-electron chi connectivity index (χ3n) is 4.00. The molecule has 2 rings (SSSR count). The van der Waals surface area contributed by atoms with E-state index in [4.69, 9.17) is 4.74 Å². The molecule has 0 aliphatic carbocycles. The zero-order chi connectivity index (χ0) is 19.9. The lowest BCUT2D eigenvalue weighted by atomic mass is 10.3. The van der Waals surface area contributed by atoms with Gasteiger partial charge in [-0.1, -0.05) is 24.3 Å². The number of nitrogens with zero attached hydrogens (tertiary/aromatic N) is 2. The van der Waals surface area contributed by atoms with Crippen molar-refractivity contribution in [1.29, 1.82) is 0 Å². The molecule has 2 aromatic rings. The van der Waals surface area contributed by atoms with Gasteiger partial charge in [0, 0.05) is 31.9 Å². The first-order chi connectivity index (χ1) is 12.8. The molecule has 0 aromatic heterocycles. The Balaban J connectivity index is 1.96. The molecule has 1 N–H and O–H groups in total. The van der Waals surface area contributed by atoms with E-state index in [-0.39, 0.29) is 12.5 Å². The maximum atomic E-state index is 12.3. The third kappa shape index (κ3) is 6.18. The van der Waals surface area contributed by atoms with Crippen LogP contribution in [0.4, 0.5) is 11.4 Å². The van der Waals surface area contributed by atoms with Crippen LogP contribution in [0.1, 0.15) is 0 Å². The van der Waals surface area contributed by atoms with Gasteiger partial charge in [0.1, 0.15) is 12.3 Å². The molecule has 0 heterocycles. The second-order valence-electron chi connectivity index (χ2n) is 6.08. The van der Waals surface area contributed by atoms with Crippen molar-refractivity contribution in [3.63, 3.8) is 0 Å². The predicted octanol–water partition coefficient (Wildman–Crippen LogP) is 1.71. The van der Waals surface area contributed by atoms with E-state index in [1.807, 2.05) is 42.3 Å². The van der Waals surface area contributed by atoms with Crippen LogP contribution >= 0.6 is 0 Å². The normalized spacial score (nSPS) is 10.9. The van der Waals surface area contributed by atoms with Gasteiger partial charge in [0.25, 0.3) is 0 Å². The number of carbonyl (C=O) groups excluding carboxylic acids is 1. The predicted molar refractivity (Wildman–Crippen MR) is 108 cm³/mol. The highest BCUT2D eigenvalue weighted by atomic mass is 32.2. The monoisotopic (exact) mass is 391 g/mol. The maximum Gasteiger partial charge on any atom is 0.240 e. The minimum Gasteiger partial charge on any atom is -0.497 e. The maximum absolute atomic E-state index is 12.3. The topological polar surface area (TPSA) is 79.0 Å². The van der Waals surface area contributed by atoms with Crippen molar-refractivity contribution in [2.75, 3.05) is 49.3 Å². The number of carbonyl (C=O) groups is 1. The molecule has 0 saturated heterocycles.